The first-order valence-electron chi connectivity index (χ1n) is 6.72. The predicted molar refractivity (Wildman–Crippen MR) is 63.5 cm³/mol. The molecule has 3 fully saturated rings. The Morgan fingerprint density at radius 2 is 2.00 bits per heavy atom. The summed E-state index contributed by atoms with van der Waals surface area (Å²) in [5, 5.41) is 10.4. The lowest BCUT2D eigenvalue weighted by atomic mass is 9.52. The van der Waals surface area contributed by atoms with E-state index in [0.717, 1.165) is 12.8 Å². The van der Waals surface area contributed by atoms with E-state index in [1.54, 1.807) is 0 Å². The maximum atomic E-state index is 12.1. The first-order chi connectivity index (χ1) is 7.83. The van der Waals surface area contributed by atoms with E-state index in [2.05, 4.69) is 20.8 Å². The fraction of sp³-hybridized carbons (Fsp3) is 0.929. The van der Waals surface area contributed by atoms with Crippen LogP contribution in [0.15, 0.2) is 0 Å². The number of carbonyl (C=O) groups is 1. The Kier molecular flexibility index (Phi) is 2.28. The van der Waals surface area contributed by atoms with E-state index in [1.165, 1.54) is 0 Å². The summed E-state index contributed by atoms with van der Waals surface area (Å²) < 4.78 is 5.66. The maximum absolute atomic E-state index is 12.1. The number of hydrogen-bond donors (Lipinski definition) is 1. The van der Waals surface area contributed by atoms with Crippen molar-refractivity contribution in [3.05, 3.63) is 0 Å². The van der Waals surface area contributed by atoms with Gasteiger partial charge in [0.15, 0.2) is 0 Å². The fourth-order valence-electron chi connectivity index (χ4n) is 4.15. The van der Waals surface area contributed by atoms with Crippen molar-refractivity contribution in [3.8, 4) is 0 Å². The standard InChI is InChI=1S/C14H22O3/c1-13(2)6-8-9(15)4-5-11-14(3,17-11)7-10(16)12(8)13/h8,10-12,16H,4-7H2,1-3H3/t8-,10+,11-,12+,14-/m1/s1. The van der Waals surface area contributed by atoms with Crippen molar-refractivity contribution < 1.29 is 14.6 Å². The van der Waals surface area contributed by atoms with Gasteiger partial charge in [0.05, 0.1) is 17.8 Å². The van der Waals surface area contributed by atoms with Crippen molar-refractivity contribution in [2.24, 2.45) is 17.3 Å². The van der Waals surface area contributed by atoms with Gasteiger partial charge in [-0.3, -0.25) is 4.79 Å². The molecule has 0 aromatic carbocycles. The van der Waals surface area contributed by atoms with Crippen LogP contribution in [0.4, 0.5) is 0 Å². The second-order valence-electron chi connectivity index (χ2n) is 7.02. The van der Waals surface area contributed by atoms with Gasteiger partial charge in [-0.25, -0.2) is 0 Å². The molecule has 0 amide bonds. The molecule has 0 spiro atoms. The molecule has 5 atom stereocenters. The van der Waals surface area contributed by atoms with Gasteiger partial charge in [0.1, 0.15) is 5.78 Å². The molecule has 0 unspecified atom stereocenters. The quantitative estimate of drug-likeness (QED) is 0.656. The molecule has 1 N–H and O–H groups in total. The van der Waals surface area contributed by atoms with Gasteiger partial charge in [-0.2, -0.15) is 0 Å². The number of epoxide rings is 1. The van der Waals surface area contributed by atoms with Crippen molar-refractivity contribution in [3.63, 3.8) is 0 Å². The maximum Gasteiger partial charge on any atom is 0.136 e. The summed E-state index contributed by atoms with van der Waals surface area (Å²) in [6.07, 6.45) is 2.91. The first kappa shape index (κ1) is 11.7. The number of fused-ring (bicyclic) bond motifs is 2. The molecular formula is C14H22O3. The Morgan fingerprint density at radius 1 is 1.29 bits per heavy atom. The number of aliphatic hydroxyl groups is 1. The monoisotopic (exact) mass is 238 g/mol. The predicted octanol–water partition coefficient (Wildman–Crippen LogP) is 1.92. The molecule has 1 heterocycles. The van der Waals surface area contributed by atoms with Crippen LogP contribution in [0.5, 0.6) is 0 Å². The number of ether oxygens (including phenoxy) is 1. The van der Waals surface area contributed by atoms with Gasteiger partial charge in [0.2, 0.25) is 0 Å². The van der Waals surface area contributed by atoms with Crippen LogP contribution < -0.4 is 0 Å². The minimum Gasteiger partial charge on any atom is -0.393 e. The van der Waals surface area contributed by atoms with Crippen molar-refractivity contribution in [2.75, 3.05) is 0 Å². The van der Waals surface area contributed by atoms with Crippen molar-refractivity contribution >= 4 is 5.78 Å². The van der Waals surface area contributed by atoms with Crippen molar-refractivity contribution in [2.45, 2.75) is 64.3 Å². The highest BCUT2D eigenvalue weighted by atomic mass is 16.6. The molecule has 2 aliphatic carbocycles. The summed E-state index contributed by atoms with van der Waals surface area (Å²) in [4.78, 5) is 12.1. The third-order valence-corrected chi connectivity index (χ3v) is 5.21. The topological polar surface area (TPSA) is 49.8 Å². The van der Waals surface area contributed by atoms with E-state index in [-0.39, 0.29) is 35.1 Å². The van der Waals surface area contributed by atoms with Crippen LogP contribution in [0, 0.1) is 17.3 Å². The summed E-state index contributed by atoms with van der Waals surface area (Å²) in [6.45, 7) is 6.39. The fourth-order valence-corrected chi connectivity index (χ4v) is 4.15. The van der Waals surface area contributed by atoms with E-state index in [1.807, 2.05) is 0 Å². The van der Waals surface area contributed by atoms with Crippen LogP contribution in [-0.2, 0) is 9.53 Å². The lowest BCUT2D eigenvalue weighted by Gasteiger charge is -2.53. The summed E-state index contributed by atoms with van der Waals surface area (Å²) >= 11 is 0. The zero-order valence-corrected chi connectivity index (χ0v) is 10.9. The number of ketones is 1. The smallest absolute Gasteiger partial charge is 0.136 e. The first-order valence-corrected chi connectivity index (χ1v) is 6.72. The SMILES string of the molecule is CC1(C)C[C@@H]2C(=O)CC[C@H]3O[C@]3(C)C[C@H](O)[C@H]21. The highest BCUT2D eigenvalue weighted by Gasteiger charge is 2.60. The second kappa shape index (κ2) is 3.33. The van der Waals surface area contributed by atoms with Gasteiger partial charge in [0, 0.05) is 18.8 Å². The molecule has 3 nitrogen and oxygen atoms in total. The highest BCUT2D eigenvalue weighted by Crippen LogP contribution is 2.57. The lowest BCUT2D eigenvalue weighted by molar-refractivity contribution is -0.149. The zero-order chi connectivity index (χ0) is 12.4. The number of carbonyl (C=O) groups excluding carboxylic acids is 1. The van der Waals surface area contributed by atoms with Gasteiger partial charge in [-0.1, -0.05) is 13.8 Å². The second-order valence-corrected chi connectivity index (χ2v) is 7.02. The minimum atomic E-state index is -0.388. The summed E-state index contributed by atoms with van der Waals surface area (Å²) in [5.74, 6) is 0.573. The Morgan fingerprint density at radius 3 is 2.65 bits per heavy atom. The molecule has 1 saturated heterocycles. The average molecular weight is 238 g/mol. The molecular weight excluding hydrogens is 216 g/mol. The van der Waals surface area contributed by atoms with Crippen LogP contribution in [0.1, 0.15) is 46.5 Å². The van der Waals surface area contributed by atoms with E-state index in [0.29, 0.717) is 18.6 Å². The van der Waals surface area contributed by atoms with Crippen LogP contribution in [0.25, 0.3) is 0 Å². The Labute approximate surface area is 103 Å². The molecule has 2 saturated carbocycles. The molecule has 17 heavy (non-hydrogen) atoms. The number of rotatable bonds is 0. The van der Waals surface area contributed by atoms with Gasteiger partial charge in [0.25, 0.3) is 0 Å². The summed E-state index contributed by atoms with van der Waals surface area (Å²) in [5.41, 5.74) is -0.0644. The van der Waals surface area contributed by atoms with Crippen LogP contribution >= 0.6 is 0 Å². The summed E-state index contributed by atoms with van der Waals surface area (Å²) in [7, 11) is 0. The van der Waals surface area contributed by atoms with Gasteiger partial charge in [-0.15, -0.1) is 0 Å². The van der Waals surface area contributed by atoms with E-state index >= 15 is 0 Å². The summed E-state index contributed by atoms with van der Waals surface area (Å²) in [6, 6.07) is 0. The molecule has 3 rings (SSSR count). The Balaban J connectivity index is 1.85. The molecule has 0 aromatic heterocycles. The molecule has 3 heteroatoms. The van der Waals surface area contributed by atoms with Crippen LogP contribution in [0.3, 0.4) is 0 Å². The normalized spacial score (nSPS) is 52.4. The lowest BCUT2D eigenvalue weighted by Crippen LogP contribution is -2.53. The number of aliphatic hydroxyl groups excluding tert-OH is 1. The molecule has 3 aliphatic rings. The number of hydrogen-bond acceptors (Lipinski definition) is 3. The molecule has 0 aromatic rings. The van der Waals surface area contributed by atoms with Gasteiger partial charge >= 0.3 is 0 Å². The molecule has 0 radical (unpaired) electrons. The van der Waals surface area contributed by atoms with E-state index in [4.69, 9.17) is 4.74 Å². The van der Waals surface area contributed by atoms with E-state index < -0.39 is 0 Å². The minimum absolute atomic E-state index is 0.0982. The number of Topliss-reactive ketones (excluding diaryl/α,β-unsaturated/α-hetero) is 1. The van der Waals surface area contributed by atoms with Gasteiger partial charge < -0.3 is 9.84 Å². The molecule has 96 valence electrons. The van der Waals surface area contributed by atoms with Crippen molar-refractivity contribution in [1.29, 1.82) is 0 Å². The largest absolute Gasteiger partial charge is 0.393 e. The Hall–Kier alpha value is -0.410. The molecule has 0 bridgehead atoms. The Bertz CT molecular complexity index is 362. The van der Waals surface area contributed by atoms with Crippen LogP contribution in [-0.4, -0.2) is 28.7 Å². The van der Waals surface area contributed by atoms with E-state index in [9.17, 15) is 9.90 Å². The average Bonchev–Trinajstić information content (AvgIpc) is 2.80. The van der Waals surface area contributed by atoms with Crippen LogP contribution in [0.2, 0.25) is 0 Å². The van der Waals surface area contributed by atoms with Gasteiger partial charge in [-0.05, 0) is 31.1 Å². The third-order valence-electron chi connectivity index (χ3n) is 5.21. The van der Waals surface area contributed by atoms with Crippen molar-refractivity contribution in [1.82, 2.24) is 0 Å². The highest BCUT2D eigenvalue weighted by molar-refractivity contribution is 5.82. The zero-order valence-electron chi connectivity index (χ0n) is 10.9. The third kappa shape index (κ3) is 1.66. The molecule has 1 aliphatic heterocycles.